The van der Waals surface area contributed by atoms with Crippen molar-refractivity contribution in [2.45, 2.75) is 19.8 Å². The van der Waals surface area contributed by atoms with Crippen LogP contribution >= 0.6 is 11.3 Å². The van der Waals surface area contributed by atoms with Crippen LogP contribution in [0.25, 0.3) is 10.2 Å². The molecule has 0 saturated carbocycles. The van der Waals surface area contributed by atoms with Crippen molar-refractivity contribution < 1.29 is 4.79 Å². The zero-order chi connectivity index (χ0) is 13.3. The van der Waals surface area contributed by atoms with Crippen molar-refractivity contribution in [1.29, 1.82) is 0 Å². The summed E-state index contributed by atoms with van der Waals surface area (Å²) in [6.45, 7) is 3.76. The monoisotopic (exact) mass is 275 g/mol. The van der Waals surface area contributed by atoms with E-state index in [0.29, 0.717) is 5.13 Å². The molecule has 2 aromatic rings. The minimum Gasteiger partial charge on any atom is -0.316 e. The van der Waals surface area contributed by atoms with E-state index in [-0.39, 0.29) is 11.3 Å². The summed E-state index contributed by atoms with van der Waals surface area (Å²) in [6, 6.07) is 7.94. The molecule has 100 valence electrons. The second-order valence-corrected chi connectivity index (χ2v) is 6.03. The zero-order valence-corrected chi connectivity index (χ0v) is 11.7. The van der Waals surface area contributed by atoms with Gasteiger partial charge in [-0.1, -0.05) is 30.4 Å². The van der Waals surface area contributed by atoms with E-state index in [1.807, 2.05) is 24.3 Å². The van der Waals surface area contributed by atoms with E-state index in [1.54, 1.807) is 0 Å². The largest absolute Gasteiger partial charge is 0.316 e. The van der Waals surface area contributed by atoms with Crippen molar-refractivity contribution in [3.8, 4) is 0 Å². The number of aromatic nitrogens is 1. The average Bonchev–Trinajstić information content (AvgIpc) is 3.05. The highest BCUT2D eigenvalue weighted by molar-refractivity contribution is 7.22. The highest BCUT2D eigenvalue weighted by Gasteiger charge is 2.39. The van der Waals surface area contributed by atoms with Crippen molar-refractivity contribution >= 4 is 32.6 Å². The molecule has 0 spiro atoms. The number of carbonyl (C=O) groups excluding carboxylic acids is 1. The number of thiazole rings is 1. The molecule has 1 saturated heterocycles. The van der Waals surface area contributed by atoms with Gasteiger partial charge >= 0.3 is 0 Å². The number of benzene rings is 1. The number of hydrogen-bond acceptors (Lipinski definition) is 4. The smallest absolute Gasteiger partial charge is 0.233 e. The molecule has 19 heavy (non-hydrogen) atoms. The Morgan fingerprint density at radius 3 is 3.05 bits per heavy atom. The Hall–Kier alpha value is -1.46. The van der Waals surface area contributed by atoms with Crippen LogP contribution in [0.1, 0.15) is 19.8 Å². The average molecular weight is 275 g/mol. The first-order chi connectivity index (χ1) is 9.23. The van der Waals surface area contributed by atoms with Crippen LogP contribution in [0, 0.1) is 5.41 Å². The topological polar surface area (TPSA) is 54.0 Å². The van der Waals surface area contributed by atoms with Crippen molar-refractivity contribution in [1.82, 2.24) is 10.3 Å². The molecule has 1 aromatic carbocycles. The fraction of sp³-hybridized carbons (Fsp3) is 0.429. The minimum atomic E-state index is -0.266. The molecule has 0 bridgehead atoms. The number of para-hydroxylation sites is 1. The lowest BCUT2D eigenvalue weighted by molar-refractivity contribution is -0.124. The Morgan fingerprint density at radius 2 is 2.37 bits per heavy atom. The summed E-state index contributed by atoms with van der Waals surface area (Å²) in [6.07, 6.45) is 1.76. The first-order valence-electron chi connectivity index (χ1n) is 6.61. The molecule has 1 fully saturated rings. The van der Waals surface area contributed by atoms with Crippen LogP contribution in [-0.2, 0) is 4.79 Å². The molecule has 3 rings (SSSR count). The maximum absolute atomic E-state index is 12.5. The Labute approximate surface area is 116 Å². The van der Waals surface area contributed by atoms with Crippen molar-refractivity contribution in [3.63, 3.8) is 0 Å². The van der Waals surface area contributed by atoms with E-state index in [2.05, 4.69) is 22.5 Å². The van der Waals surface area contributed by atoms with Crippen LogP contribution in [0.4, 0.5) is 5.13 Å². The number of amides is 1. The molecule has 2 N–H and O–H groups in total. The van der Waals surface area contributed by atoms with Gasteiger partial charge in [0, 0.05) is 6.54 Å². The lowest BCUT2D eigenvalue weighted by Crippen LogP contribution is -2.37. The number of nitrogens with one attached hydrogen (secondary N) is 2. The molecule has 1 aliphatic heterocycles. The van der Waals surface area contributed by atoms with Gasteiger partial charge in [0.25, 0.3) is 0 Å². The van der Waals surface area contributed by atoms with Gasteiger partial charge in [0.1, 0.15) is 0 Å². The molecule has 0 aliphatic carbocycles. The van der Waals surface area contributed by atoms with Crippen LogP contribution < -0.4 is 10.6 Å². The van der Waals surface area contributed by atoms with Gasteiger partial charge in [-0.05, 0) is 31.5 Å². The third kappa shape index (κ3) is 2.24. The lowest BCUT2D eigenvalue weighted by atomic mass is 9.83. The van der Waals surface area contributed by atoms with Crippen LogP contribution in [-0.4, -0.2) is 24.0 Å². The zero-order valence-electron chi connectivity index (χ0n) is 10.9. The number of hydrogen-bond donors (Lipinski definition) is 2. The molecule has 1 unspecified atom stereocenters. The Kier molecular flexibility index (Phi) is 3.24. The minimum absolute atomic E-state index is 0.0963. The van der Waals surface area contributed by atoms with Gasteiger partial charge < -0.3 is 10.6 Å². The van der Waals surface area contributed by atoms with Crippen molar-refractivity contribution in [2.75, 3.05) is 18.4 Å². The predicted molar refractivity (Wildman–Crippen MR) is 78.5 cm³/mol. The van der Waals surface area contributed by atoms with E-state index in [1.165, 1.54) is 11.3 Å². The van der Waals surface area contributed by atoms with E-state index in [0.717, 1.165) is 36.1 Å². The van der Waals surface area contributed by atoms with Gasteiger partial charge in [-0.2, -0.15) is 0 Å². The number of anilines is 1. The van der Waals surface area contributed by atoms with Crippen molar-refractivity contribution in [3.05, 3.63) is 24.3 Å². The highest BCUT2D eigenvalue weighted by Crippen LogP contribution is 2.32. The third-order valence-corrected chi connectivity index (χ3v) is 4.87. The molecule has 2 heterocycles. The van der Waals surface area contributed by atoms with Crippen LogP contribution in [0.3, 0.4) is 0 Å². The molecular weight excluding hydrogens is 258 g/mol. The van der Waals surface area contributed by atoms with Crippen molar-refractivity contribution in [2.24, 2.45) is 5.41 Å². The maximum Gasteiger partial charge on any atom is 0.233 e. The molecule has 5 heteroatoms. The summed E-state index contributed by atoms with van der Waals surface area (Å²) in [5.74, 6) is 0.0963. The summed E-state index contributed by atoms with van der Waals surface area (Å²) < 4.78 is 1.10. The molecule has 0 radical (unpaired) electrons. The van der Waals surface area contributed by atoms with Gasteiger partial charge in [-0.3, -0.25) is 4.79 Å². The first kappa shape index (κ1) is 12.6. The lowest BCUT2D eigenvalue weighted by Gasteiger charge is -2.24. The van der Waals surface area contributed by atoms with E-state index >= 15 is 0 Å². The van der Waals surface area contributed by atoms with Crippen LogP contribution in [0.15, 0.2) is 24.3 Å². The quantitative estimate of drug-likeness (QED) is 0.905. The van der Waals surface area contributed by atoms with Gasteiger partial charge in [0.15, 0.2) is 5.13 Å². The number of rotatable bonds is 3. The second-order valence-electron chi connectivity index (χ2n) is 5.00. The number of carbonyl (C=O) groups is 1. The van der Waals surface area contributed by atoms with Gasteiger partial charge in [0.2, 0.25) is 5.91 Å². The normalized spacial score (nSPS) is 22.8. The fourth-order valence-electron chi connectivity index (χ4n) is 2.56. The second kappa shape index (κ2) is 4.90. The predicted octanol–water partition coefficient (Wildman–Crippen LogP) is 2.62. The summed E-state index contributed by atoms with van der Waals surface area (Å²) in [5, 5.41) is 6.97. The molecular formula is C14H17N3OS. The van der Waals surface area contributed by atoms with E-state index in [4.69, 9.17) is 0 Å². The molecule has 4 nitrogen and oxygen atoms in total. The third-order valence-electron chi connectivity index (χ3n) is 3.92. The molecule has 1 aliphatic rings. The number of fused-ring (bicyclic) bond motifs is 1. The van der Waals surface area contributed by atoms with Gasteiger partial charge in [-0.25, -0.2) is 4.98 Å². The molecule has 1 aromatic heterocycles. The summed E-state index contributed by atoms with van der Waals surface area (Å²) in [4.78, 5) is 16.9. The SMILES string of the molecule is CCC1(C(=O)Nc2nc3ccccc3s2)CCNC1. The van der Waals surface area contributed by atoms with E-state index < -0.39 is 0 Å². The summed E-state index contributed by atoms with van der Waals surface area (Å²) in [7, 11) is 0. The highest BCUT2D eigenvalue weighted by atomic mass is 32.1. The van der Waals surface area contributed by atoms with Gasteiger partial charge in [-0.15, -0.1) is 0 Å². The van der Waals surface area contributed by atoms with E-state index in [9.17, 15) is 4.79 Å². The first-order valence-corrected chi connectivity index (χ1v) is 7.43. The Morgan fingerprint density at radius 1 is 1.53 bits per heavy atom. The molecule has 1 amide bonds. The molecule has 1 atom stereocenters. The van der Waals surface area contributed by atoms with Crippen LogP contribution in [0.5, 0.6) is 0 Å². The maximum atomic E-state index is 12.5. The van der Waals surface area contributed by atoms with Crippen LogP contribution in [0.2, 0.25) is 0 Å². The fourth-order valence-corrected chi connectivity index (χ4v) is 3.42. The summed E-state index contributed by atoms with van der Waals surface area (Å²) >= 11 is 1.53. The summed E-state index contributed by atoms with van der Waals surface area (Å²) in [5.41, 5.74) is 0.676. The standard InChI is InChI=1S/C14H17N3OS/c1-2-14(7-8-15-9-14)12(18)17-13-16-10-5-3-4-6-11(10)19-13/h3-6,15H,2,7-9H2,1H3,(H,16,17,18). The Bertz CT molecular complexity index is 569. The number of nitrogens with zero attached hydrogens (tertiary/aromatic N) is 1. The Balaban J connectivity index is 1.82. The van der Waals surface area contributed by atoms with Gasteiger partial charge in [0.05, 0.1) is 15.6 Å².